The number of hydrogen-bond acceptors (Lipinski definition) is 4. The summed E-state index contributed by atoms with van der Waals surface area (Å²) in [5, 5.41) is 12.0. The molecule has 104 valence electrons. The molecule has 20 heavy (non-hydrogen) atoms. The van der Waals surface area contributed by atoms with Crippen molar-refractivity contribution in [1.29, 1.82) is 0 Å². The van der Waals surface area contributed by atoms with E-state index >= 15 is 0 Å². The molecule has 0 aliphatic heterocycles. The maximum Gasteiger partial charge on any atom is 0.335 e. The Hall–Kier alpha value is -2.43. The molecule has 0 bridgehead atoms. The lowest BCUT2D eigenvalue weighted by Crippen LogP contribution is -2.03. The molecule has 2 N–H and O–H groups in total. The van der Waals surface area contributed by atoms with E-state index in [9.17, 15) is 4.79 Å². The van der Waals surface area contributed by atoms with Crippen molar-refractivity contribution in [3.05, 3.63) is 53.5 Å². The second-order valence-electron chi connectivity index (χ2n) is 4.50. The molecule has 0 aliphatic carbocycles. The summed E-state index contributed by atoms with van der Waals surface area (Å²) in [7, 11) is 0. The Bertz CT molecular complexity index is 582. The molecule has 0 aliphatic rings. The molecule has 5 heteroatoms. The molecule has 5 nitrogen and oxygen atoms in total. The fourth-order valence-electron chi connectivity index (χ4n) is 1.84. The van der Waals surface area contributed by atoms with Crippen LogP contribution in [-0.4, -0.2) is 21.0 Å². The lowest BCUT2D eigenvalue weighted by Gasteiger charge is -2.07. The highest BCUT2D eigenvalue weighted by Gasteiger charge is 2.02. The lowest BCUT2D eigenvalue weighted by molar-refractivity contribution is 0.0697. The minimum absolute atomic E-state index is 0.293. The van der Waals surface area contributed by atoms with Gasteiger partial charge in [-0.15, -0.1) is 0 Å². The van der Waals surface area contributed by atoms with Gasteiger partial charge in [0.2, 0.25) is 0 Å². The van der Waals surface area contributed by atoms with Crippen LogP contribution in [0.2, 0.25) is 0 Å². The van der Waals surface area contributed by atoms with Crippen molar-refractivity contribution >= 4 is 11.8 Å². The maximum absolute atomic E-state index is 10.8. The third-order valence-corrected chi connectivity index (χ3v) is 2.90. The quantitative estimate of drug-likeness (QED) is 0.845. The molecule has 0 radical (unpaired) electrons. The van der Waals surface area contributed by atoms with Crippen LogP contribution in [0.4, 0.5) is 5.82 Å². The average Bonchev–Trinajstić information content (AvgIpc) is 2.46. The van der Waals surface area contributed by atoms with E-state index in [1.54, 1.807) is 30.6 Å². The van der Waals surface area contributed by atoms with Crippen LogP contribution in [0.1, 0.15) is 35.0 Å². The van der Waals surface area contributed by atoms with Crippen molar-refractivity contribution < 1.29 is 9.90 Å². The molecule has 0 fully saturated rings. The fraction of sp³-hybridized carbons (Fsp3) is 0.267. The Labute approximate surface area is 117 Å². The summed E-state index contributed by atoms with van der Waals surface area (Å²) < 4.78 is 0. The largest absolute Gasteiger partial charge is 0.478 e. The molecule has 2 aromatic rings. The van der Waals surface area contributed by atoms with Crippen LogP contribution < -0.4 is 5.32 Å². The zero-order chi connectivity index (χ0) is 14.4. The SMILES string of the molecule is CCCc1cc(NCc2ccc(C(=O)O)cc2)ncn1. The van der Waals surface area contributed by atoms with Gasteiger partial charge in [-0.1, -0.05) is 25.5 Å². The topological polar surface area (TPSA) is 75.1 Å². The third-order valence-electron chi connectivity index (χ3n) is 2.90. The van der Waals surface area contributed by atoms with Gasteiger partial charge >= 0.3 is 5.97 Å². The summed E-state index contributed by atoms with van der Waals surface area (Å²) >= 11 is 0. The van der Waals surface area contributed by atoms with Gasteiger partial charge in [0, 0.05) is 18.3 Å². The smallest absolute Gasteiger partial charge is 0.335 e. The van der Waals surface area contributed by atoms with E-state index in [0.29, 0.717) is 12.1 Å². The van der Waals surface area contributed by atoms with E-state index in [0.717, 1.165) is 29.9 Å². The second-order valence-corrected chi connectivity index (χ2v) is 4.50. The van der Waals surface area contributed by atoms with E-state index in [1.165, 1.54) is 0 Å². The first-order chi connectivity index (χ1) is 9.69. The van der Waals surface area contributed by atoms with Crippen molar-refractivity contribution in [1.82, 2.24) is 9.97 Å². The fourth-order valence-corrected chi connectivity index (χ4v) is 1.84. The van der Waals surface area contributed by atoms with E-state index in [4.69, 9.17) is 5.11 Å². The normalized spacial score (nSPS) is 10.2. The Morgan fingerprint density at radius 3 is 2.65 bits per heavy atom. The highest BCUT2D eigenvalue weighted by molar-refractivity contribution is 5.87. The van der Waals surface area contributed by atoms with Crippen LogP contribution in [0, 0.1) is 0 Å². The molecule has 1 aromatic carbocycles. The van der Waals surface area contributed by atoms with Gasteiger partial charge in [-0.2, -0.15) is 0 Å². The number of carboxylic acid groups (broad SMARTS) is 1. The number of hydrogen-bond donors (Lipinski definition) is 2. The Balaban J connectivity index is 1.97. The van der Waals surface area contributed by atoms with Crippen molar-refractivity contribution in [3.63, 3.8) is 0 Å². The number of aromatic carboxylic acids is 1. The van der Waals surface area contributed by atoms with Crippen molar-refractivity contribution in [3.8, 4) is 0 Å². The monoisotopic (exact) mass is 271 g/mol. The Kier molecular flexibility index (Phi) is 4.65. The predicted molar refractivity (Wildman–Crippen MR) is 76.8 cm³/mol. The van der Waals surface area contributed by atoms with Crippen LogP contribution >= 0.6 is 0 Å². The molecule has 0 atom stereocenters. The van der Waals surface area contributed by atoms with E-state index in [2.05, 4.69) is 22.2 Å². The van der Waals surface area contributed by atoms with Crippen LogP contribution in [0.5, 0.6) is 0 Å². The number of anilines is 1. The number of carboxylic acids is 1. The molecule has 0 saturated heterocycles. The predicted octanol–water partition coefficient (Wildman–Crippen LogP) is 2.74. The van der Waals surface area contributed by atoms with Crippen LogP contribution in [0.15, 0.2) is 36.7 Å². The maximum atomic E-state index is 10.8. The van der Waals surface area contributed by atoms with E-state index < -0.39 is 5.97 Å². The number of aromatic nitrogens is 2. The van der Waals surface area contributed by atoms with E-state index in [-0.39, 0.29) is 0 Å². The zero-order valence-corrected chi connectivity index (χ0v) is 11.3. The van der Waals surface area contributed by atoms with Gasteiger partial charge in [-0.05, 0) is 24.1 Å². The van der Waals surface area contributed by atoms with Gasteiger partial charge in [0.1, 0.15) is 12.1 Å². The van der Waals surface area contributed by atoms with Crippen LogP contribution in [-0.2, 0) is 13.0 Å². The summed E-state index contributed by atoms with van der Waals surface area (Å²) in [5.74, 6) is -0.129. The second kappa shape index (κ2) is 6.65. The standard InChI is InChI=1S/C15H17N3O2/c1-2-3-13-8-14(18-10-17-13)16-9-11-4-6-12(7-5-11)15(19)20/h4-8,10H,2-3,9H2,1H3,(H,19,20)(H,16,17,18). The highest BCUT2D eigenvalue weighted by atomic mass is 16.4. The molecule has 1 heterocycles. The Morgan fingerprint density at radius 2 is 2.00 bits per heavy atom. The summed E-state index contributed by atoms with van der Waals surface area (Å²) in [6.45, 7) is 2.71. The number of nitrogens with one attached hydrogen (secondary N) is 1. The van der Waals surface area contributed by atoms with Gasteiger partial charge in [0.15, 0.2) is 0 Å². The van der Waals surface area contributed by atoms with Gasteiger partial charge in [-0.3, -0.25) is 0 Å². The number of aryl methyl sites for hydroxylation is 1. The number of carbonyl (C=O) groups is 1. The van der Waals surface area contributed by atoms with Crippen molar-refractivity contribution in [2.75, 3.05) is 5.32 Å². The first kappa shape index (κ1) is 14.0. The minimum Gasteiger partial charge on any atom is -0.478 e. The first-order valence-electron chi connectivity index (χ1n) is 6.56. The molecule has 0 amide bonds. The molecule has 0 unspecified atom stereocenters. The van der Waals surface area contributed by atoms with Gasteiger partial charge < -0.3 is 10.4 Å². The number of benzene rings is 1. The van der Waals surface area contributed by atoms with Crippen LogP contribution in [0.3, 0.4) is 0 Å². The molecule has 0 saturated carbocycles. The average molecular weight is 271 g/mol. The summed E-state index contributed by atoms with van der Waals surface area (Å²) in [5.41, 5.74) is 2.32. The molecule has 1 aromatic heterocycles. The summed E-state index contributed by atoms with van der Waals surface area (Å²) in [4.78, 5) is 19.1. The molecular formula is C15H17N3O2. The molecular weight excluding hydrogens is 254 g/mol. The summed E-state index contributed by atoms with van der Waals surface area (Å²) in [6, 6.07) is 8.73. The Morgan fingerprint density at radius 1 is 1.25 bits per heavy atom. The molecule has 0 spiro atoms. The van der Waals surface area contributed by atoms with Crippen molar-refractivity contribution in [2.24, 2.45) is 0 Å². The van der Waals surface area contributed by atoms with Gasteiger partial charge in [0.25, 0.3) is 0 Å². The van der Waals surface area contributed by atoms with E-state index in [1.807, 2.05) is 6.07 Å². The molecule has 2 rings (SSSR count). The third kappa shape index (κ3) is 3.78. The van der Waals surface area contributed by atoms with Crippen LogP contribution in [0.25, 0.3) is 0 Å². The lowest BCUT2D eigenvalue weighted by atomic mass is 10.1. The minimum atomic E-state index is -0.912. The first-order valence-corrected chi connectivity index (χ1v) is 6.56. The van der Waals surface area contributed by atoms with Gasteiger partial charge in [0.05, 0.1) is 5.56 Å². The van der Waals surface area contributed by atoms with Gasteiger partial charge in [-0.25, -0.2) is 14.8 Å². The zero-order valence-electron chi connectivity index (χ0n) is 11.3. The van der Waals surface area contributed by atoms with Crippen molar-refractivity contribution in [2.45, 2.75) is 26.3 Å². The summed E-state index contributed by atoms with van der Waals surface area (Å²) in [6.07, 6.45) is 3.54. The number of nitrogens with zero attached hydrogens (tertiary/aromatic N) is 2. The number of rotatable bonds is 6. The highest BCUT2D eigenvalue weighted by Crippen LogP contribution is 2.09.